The third-order valence-corrected chi connectivity index (χ3v) is 14.3. The summed E-state index contributed by atoms with van der Waals surface area (Å²) in [5, 5.41) is 0. The van der Waals surface area contributed by atoms with Crippen LogP contribution in [0.25, 0.3) is 0 Å². The summed E-state index contributed by atoms with van der Waals surface area (Å²) in [6.07, 6.45) is 1.98. The molecule has 0 saturated heterocycles. The first-order valence-corrected chi connectivity index (χ1v) is 25.4. The molecular weight excluding hydrogens is 815 g/mol. The van der Waals surface area contributed by atoms with Gasteiger partial charge in [-0.15, -0.1) is 0 Å². The average Bonchev–Trinajstić information content (AvgIpc) is 3.12. The highest BCUT2D eigenvalue weighted by molar-refractivity contribution is 7.49. The van der Waals surface area contributed by atoms with Crippen LogP contribution in [0.5, 0.6) is 11.5 Å². The normalized spacial score (nSPS) is 14.2. The fraction of sp³-hybridized carbons (Fsp3) is 0.538. The van der Waals surface area contributed by atoms with Crippen LogP contribution in [0, 0.1) is 0 Å². The van der Waals surface area contributed by atoms with Crippen molar-refractivity contribution < 1.29 is 36.3 Å². The Balaban J connectivity index is 1.95. The van der Waals surface area contributed by atoms with Crippen molar-refractivity contribution >= 4 is 15.6 Å². The Bertz CT molecular complexity index is 2040. The SMILES string of the molecule is CCOP(=O)(OCC)Oc1c2cc(C(C)(C)C)cc1Cc1cc(cc(C(C)(C)C)c1)Cc1cc(C(C)(C)C)cc(c1OP(=O)(OCC)OCC)Cc1cc(cc(C(C)(C)C)c1)C2. The van der Waals surface area contributed by atoms with E-state index < -0.39 is 15.6 Å². The predicted octanol–water partition coefficient (Wildman–Crippen LogP) is 14.7. The zero-order valence-electron chi connectivity index (χ0n) is 40.6. The van der Waals surface area contributed by atoms with E-state index in [9.17, 15) is 9.13 Å². The highest BCUT2D eigenvalue weighted by atomic mass is 31.2. The second-order valence-corrected chi connectivity index (χ2v) is 24.0. The van der Waals surface area contributed by atoms with Crippen molar-refractivity contribution in [1.29, 1.82) is 0 Å². The number of phosphoric acid groups is 2. The van der Waals surface area contributed by atoms with Crippen LogP contribution in [0.3, 0.4) is 0 Å². The molecule has 0 radical (unpaired) electrons. The largest absolute Gasteiger partial charge is 0.530 e. The van der Waals surface area contributed by atoms with E-state index >= 15 is 0 Å². The molecule has 0 fully saturated rings. The van der Waals surface area contributed by atoms with Crippen molar-refractivity contribution in [1.82, 2.24) is 0 Å². The molecular formula is C52H74O8P2. The molecule has 8 nitrogen and oxygen atoms in total. The van der Waals surface area contributed by atoms with Gasteiger partial charge in [0.05, 0.1) is 26.4 Å². The van der Waals surface area contributed by atoms with Gasteiger partial charge in [-0.1, -0.05) is 144 Å². The fourth-order valence-electron chi connectivity index (χ4n) is 7.85. The predicted molar refractivity (Wildman–Crippen MR) is 255 cm³/mol. The van der Waals surface area contributed by atoms with Crippen LogP contribution in [0.1, 0.15) is 178 Å². The number of phosphoric ester groups is 2. The zero-order valence-corrected chi connectivity index (χ0v) is 42.4. The van der Waals surface area contributed by atoms with Gasteiger partial charge in [0.25, 0.3) is 0 Å². The van der Waals surface area contributed by atoms with E-state index in [4.69, 9.17) is 27.1 Å². The molecule has 0 spiro atoms. The maximum atomic E-state index is 14.4. The fourth-order valence-corrected chi connectivity index (χ4v) is 10.4. The van der Waals surface area contributed by atoms with Crippen molar-refractivity contribution in [3.8, 4) is 11.5 Å². The second-order valence-electron chi connectivity index (χ2n) is 20.8. The summed E-state index contributed by atoms with van der Waals surface area (Å²) in [4.78, 5) is 0. The van der Waals surface area contributed by atoms with Gasteiger partial charge in [-0.2, -0.15) is 0 Å². The summed E-state index contributed by atoms with van der Waals surface area (Å²) >= 11 is 0. The van der Waals surface area contributed by atoms with Crippen molar-refractivity contribution in [3.05, 3.63) is 127 Å². The summed E-state index contributed by atoms with van der Waals surface area (Å²) < 4.78 is 65.2. The van der Waals surface area contributed by atoms with E-state index in [2.05, 4.69) is 144 Å². The van der Waals surface area contributed by atoms with E-state index in [0.717, 1.165) is 55.6 Å². The summed E-state index contributed by atoms with van der Waals surface area (Å²) in [5.74, 6) is 1.05. The minimum atomic E-state index is -4.00. The Labute approximate surface area is 374 Å². The van der Waals surface area contributed by atoms with Gasteiger partial charge >= 0.3 is 15.6 Å². The third kappa shape index (κ3) is 12.5. The Hall–Kier alpha value is -3.22. The first-order valence-electron chi connectivity index (χ1n) is 22.5. The number of benzene rings is 4. The van der Waals surface area contributed by atoms with Crippen LogP contribution in [-0.2, 0) is 74.6 Å². The minimum Gasteiger partial charge on any atom is -0.403 e. The number of rotatable bonds is 12. The van der Waals surface area contributed by atoms with Crippen LogP contribution in [0.4, 0.5) is 0 Å². The molecule has 8 bridgehead atoms. The van der Waals surface area contributed by atoms with Gasteiger partial charge in [-0.3, -0.25) is 18.1 Å². The highest BCUT2D eigenvalue weighted by Crippen LogP contribution is 2.54. The van der Waals surface area contributed by atoms with E-state index in [1.54, 1.807) is 27.7 Å². The molecule has 10 heteroatoms. The minimum absolute atomic E-state index is 0.170. The maximum absolute atomic E-state index is 14.4. The van der Waals surface area contributed by atoms with Gasteiger partial charge < -0.3 is 9.05 Å². The number of fused-ring (bicyclic) bond motifs is 8. The third-order valence-electron chi connectivity index (χ3n) is 11.2. The van der Waals surface area contributed by atoms with Crippen molar-refractivity contribution in [2.75, 3.05) is 26.4 Å². The summed E-state index contributed by atoms with van der Waals surface area (Å²) in [5.41, 5.74) is 11.8. The monoisotopic (exact) mass is 888 g/mol. The molecule has 0 aromatic heterocycles. The molecule has 0 heterocycles. The molecule has 0 unspecified atom stereocenters. The van der Waals surface area contributed by atoms with Crippen LogP contribution < -0.4 is 9.05 Å². The van der Waals surface area contributed by atoms with Gasteiger partial charge in [0, 0.05) is 25.7 Å². The van der Waals surface area contributed by atoms with Gasteiger partial charge in [-0.05, 0) is 116 Å². The second kappa shape index (κ2) is 19.1. The van der Waals surface area contributed by atoms with Gasteiger partial charge in [0.2, 0.25) is 0 Å². The zero-order chi connectivity index (χ0) is 46.1. The lowest BCUT2D eigenvalue weighted by molar-refractivity contribution is 0.165. The van der Waals surface area contributed by atoms with E-state index in [-0.39, 0.29) is 48.1 Å². The van der Waals surface area contributed by atoms with Crippen LogP contribution in [-0.4, -0.2) is 26.4 Å². The molecule has 0 atom stereocenters. The standard InChI is InChI=1S/C52H74O8P2/c1-17-55-61(53,56-18-2)59-47-39-23-35-21-37(29-43(27-35)49(5,6)7)25-41-33-46(52(14,15)16)34-42(48(41)60-62(54,57-19-3)58-20-4)26-38-22-36(28-44(30-38)50(8,9)10)24-40(47)32-45(31-39)51(11,12)13/h21-22,27-34H,17-20,23-26H2,1-16H3. The smallest absolute Gasteiger partial charge is 0.403 e. The molecule has 4 aromatic rings. The first-order chi connectivity index (χ1) is 28.7. The summed E-state index contributed by atoms with van der Waals surface area (Å²) in [7, 11) is -8.01. The topological polar surface area (TPSA) is 89.5 Å². The van der Waals surface area contributed by atoms with E-state index in [0.29, 0.717) is 37.2 Å². The summed E-state index contributed by atoms with van der Waals surface area (Å²) in [6.45, 7) is 34.5. The first kappa shape index (κ1) is 49.8. The van der Waals surface area contributed by atoms with Crippen LogP contribution in [0.15, 0.2) is 60.7 Å². The van der Waals surface area contributed by atoms with Crippen molar-refractivity contribution in [2.45, 2.75) is 158 Å². The van der Waals surface area contributed by atoms with E-state index in [1.165, 1.54) is 11.1 Å². The Kier molecular flexibility index (Phi) is 15.3. The molecule has 0 N–H and O–H groups in total. The Morgan fingerprint density at radius 1 is 0.371 bits per heavy atom. The quantitative estimate of drug-likeness (QED) is 0.114. The average molecular weight is 889 g/mol. The highest BCUT2D eigenvalue weighted by Gasteiger charge is 2.34. The van der Waals surface area contributed by atoms with Gasteiger partial charge in [0.1, 0.15) is 11.5 Å². The molecule has 0 saturated carbocycles. The molecule has 1 aliphatic carbocycles. The van der Waals surface area contributed by atoms with Crippen LogP contribution in [0.2, 0.25) is 0 Å². The molecule has 340 valence electrons. The molecule has 0 amide bonds. The molecule has 0 aliphatic heterocycles. The van der Waals surface area contributed by atoms with Crippen molar-refractivity contribution in [2.24, 2.45) is 0 Å². The maximum Gasteiger partial charge on any atom is 0.530 e. The van der Waals surface area contributed by atoms with E-state index in [1.807, 2.05) is 0 Å². The van der Waals surface area contributed by atoms with Gasteiger partial charge in [-0.25, -0.2) is 9.13 Å². The lowest BCUT2D eigenvalue weighted by atomic mass is 9.79. The lowest BCUT2D eigenvalue weighted by Crippen LogP contribution is -2.16. The number of hydrogen-bond acceptors (Lipinski definition) is 8. The Morgan fingerprint density at radius 2 is 0.581 bits per heavy atom. The summed E-state index contributed by atoms with van der Waals surface area (Å²) in [6, 6.07) is 22.4. The number of hydrogen-bond donors (Lipinski definition) is 0. The lowest BCUT2D eigenvalue weighted by Gasteiger charge is -2.28. The molecule has 1 aliphatic rings. The van der Waals surface area contributed by atoms with Crippen LogP contribution >= 0.6 is 15.6 Å². The Morgan fingerprint density at radius 3 is 0.774 bits per heavy atom. The molecule has 4 aromatic carbocycles. The molecule has 62 heavy (non-hydrogen) atoms. The molecule has 5 rings (SSSR count). The van der Waals surface area contributed by atoms with Gasteiger partial charge in [0.15, 0.2) is 0 Å². The van der Waals surface area contributed by atoms with Crippen molar-refractivity contribution in [3.63, 3.8) is 0 Å².